The molecule has 0 spiro atoms. The summed E-state index contributed by atoms with van der Waals surface area (Å²) < 4.78 is 46.2. The first-order valence-electron chi connectivity index (χ1n) is 9.21. The van der Waals surface area contributed by atoms with Crippen LogP contribution in [0.15, 0.2) is 47.4 Å². The van der Waals surface area contributed by atoms with E-state index >= 15 is 0 Å². The minimum atomic E-state index is -3.76. The first-order valence-corrected chi connectivity index (χ1v) is 10.7. The summed E-state index contributed by atoms with van der Waals surface area (Å²) in [6, 6.07) is 10.8. The Morgan fingerprint density at radius 3 is 2.52 bits per heavy atom. The summed E-state index contributed by atoms with van der Waals surface area (Å²) in [5.74, 6) is -0.751. The molecule has 158 valence electrons. The lowest BCUT2D eigenvalue weighted by Gasteiger charge is -2.26. The van der Waals surface area contributed by atoms with Gasteiger partial charge in [-0.2, -0.15) is 0 Å². The van der Waals surface area contributed by atoms with Gasteiger partial charge in [0.25, 0.3) is 5.91 Å². The van der Waals surface area contributed by atoms with E-state index in [2.05, 4.69) is 10.0 Å². The van der Waals surface area contributed by atoms with Gasteiger partial charge >= 0.3 is 0 Å². The first-order chi connectivity index (χ1) is 13.6. The highest BCUT2D eigenvalue weighted by atomic mass is 32.2. The Kier molecular flexibility index (Phi) is 7.51. The van der Waals surface area contributed by atoms with Crippen LogP contribution >= 0.6 is 0 Å². The van der Waals surface area contributed by atoms with Crippen molar-refractivity contribution in [3.8, 4) is 0 Å². The van der Waals surface area contributed by atoms with Crippen LogP contribution in [-0.2, 0) is 20.2 Å². The van der Waals surface area contributed by atoms with Gasteiger partial charge in [0.15, 0.2) is 0 Å². The number of hydrogen-bond donors (Lipinski definition) is 2. The zero-order valence-electron chi connectivity index (χ0n) is 17.1. The summed E-state index contributed by atoms with van der Waals surface area (Å²) in [4.78, 5) is 12.7. The number of methoxy groups -OCH3 is 1. The molecule has 0 radical (unpaired) electrons. The monoisotopic (exact) mass is 422 g/mol. The zero-order chi connectivity index (χ0) is 21.7. The molecule has 0 aromatic heterocycles. The van der Waals surface area contributed by atoms with E-state index < -0.39 is 21.3 Å². The molecule has 2 rings (SSSR count). The lowest BCUT2D eigenvalue weighted by Crippen LogP contribution is -2.37. The number of amides is 1. The average Bonchev–Trinajstić information content (AvgIpc) is 2.66. The van der Waals surface area contributed by atoms with Gasteiger partial charge in [0.2, 0.25) is 10.0 Å². The van der Waals surface area contributed by atoms with Crippen LogP contribution in [0.4, 0.5) is 4.39 Å². The molecule has 6 nitrogen and oxygen atoms in total. The van der Waals surface area contributed by atoms with E-state index in [1.54, 1.807) is 31.2 Å². The van der Waals surface area contributed by atoms with Crippen LogP contribution in [0.2, 0.25) is 0 Å². The average molecular weight is 423 g/mol. The van der Waals surface area contributed by atoms with Gasteiger partial charge in [-0.1, -0.05) is 38.1 Å². The van der Waals surface area contributed by atoms with Crippen LogP contribution in [0, 0.1) is 12.7 Å². The zero-order valence-corrected chi connectivity index (χ0v) is 17.9. The minimum absolute atomic E-state index is 0.00211. The third kappa shape index (κ3) is 5.85. The highest BCUT2D eigenvalue weighted by Gasteiger charge is 2.25. The number of rotatable bonds is 9. The van der Waals surface area contributed by atoms with E-state index in [0.29, 0.717) is 11.1 Å². The lowest BCUT2D eigenvalue weighted by atomic mass is 9.84. The molecule has 0 aliphatic carbocycles. The van der Waals surface area contributed by atoms with Crippen LogP contribution < -0.4 is 10.0 Å². The van der Waals surface area contributed by atoms with Crippen molar-refractivity contribution in [3.63, 3.8) is 0 Å². The fraction of sp³-hybridized carbons (Fsp3) is 0.381. The third-order valence-corrected chi connectivity index (χ3v) is 6.11. The van der Waals surface area contributed by atoms with Crippen LogP contribution in [-0.4, -0.2) is 41.1 Å². The number of aryl methyl sites for hydroxylation is 1. The molecule has 0 heterocycles. The van der Waals surface area contributed by atoms with Crippen LogP contribution in [0.1, 0.15) is 35.3 Å². The van der Waals surface area contributed by atoms with Crippen LogP contribution in [0.25, 0.3) is 0 Å². The first kappa shape index (κ1) is 23.0. The molecule has 0 bridgehead atoms. The Morgan fingerprint density at radius 2 is 1.86 bits per heavy atom. The maximum Gasteiger partial charge on any atom is 0.251 e. The molecule has 0 atom stereocenters. The second-order valence-corrected chi connectivity index (χ2v) is 9.18. The molecule has 0 aliphatic heterocycles. The van der Waals surface area contributed by atoms with Crippen molar-refractivity contribution in [3.05, 3.63) is 65.0 Å². The SMILES string of the molecule is COCCNS(=O)(=O)c1ccc(C)c(C(=O)NCC(C)(C)c2ccccc2F)c1. The molecule has 29 heavy (non-hydrogen) atoms. The molecule has 1 amide bonds. The molecular weight excluding hydrogens is 395 g/mol. The number of sulfonamides is 1. The van der Waals surface area contributed by atoms with Crippen molar-refractivity contribution in [1.29, 1.82) is 0 Å². The van der Waals surface area contributed by atoms with Gasteiger partial charge < -0.3 is 10.1 Å². The van der Waals surface area contributed by atoms with Crippen molar-refractivity contribution < 1.29 is 22.3 Å². The van der Waals surface area contributed by atoms with E-state index in [4.69, 9.17) is 4.74 Å². The van der Waals surface area contributed by atoms with E-state index in [-0.39, 0.29) is 36.0 Å². The van der Waals surface area contributed by atoms with Crippen molar-refractivity contribution >= 4 is 15.9 Å². The number of halogens is 1. The van der Waals surface area contributed by atoms with E-state index in [1.165, 1.54) is 25.3 Å². The van der Waals surface area contributed by atoms with E-state index in [9.17, 15) is 17.6 Å². The smallest absolute Gasteiger partial charge is 0.251 e. The molecule has 2 aromatic rings. The van der Waals surface area contributed by atoms with Gasteiger partial charge in [-0.3, -0.25) is 4.79 Å². The fourth-order valence-corrected chi connectivity index (χ4v) is 3.92. The number of carbonyl (C=O) groups excluding carboxylic acids is 1. The van der Waals surface area contributed by atoms with Gasteiger partial charge in [0, 0.05) is 31.2 Å². The van der Waals surface area contributed by atoms with Crippen molar-refractivity contribution in [2.75, 3.05) is 26.8 Å². The molecular formula is C21H27FN2O4S. The highest BCUT2D eigenvalue weighted by molar-refractivity contribution is 7.89. The largest absolute Gasteiger partial charge is 0.383 e. The van der Waals surface area contributed by atoms with E-state index in [1.807, 2.05) is 13.8 Å². The van der Waals surface area contributed by atoms with Gasteiger partial charge in [-0.05, 0) is 36.2 Å². The summed E-state index contributed by atoms with van der Waals surface area (Å²) in [6.45, 7) is 5.95. The van der Waals surface area contributed by atoms with Crippen molar-refractivity contribution in [1.82, 2.24) is 10.0 Å². The van der Waals surface area contributed by atoms with Crippen LogP contribution in [0.3, 0.4) is 0 Å². The molecule has 2 aromatic carbocycles. The predicted molar refractivity (Wildman–Crippen MR) is 110 cm³/mol. The van der Waals surface area contributed by atoms with Gasteiger partial charge in [-0.15, -0.1) is 0 Å². The number of nitrogens with one attached hydrogen (secondary N) is 2. The Hall–Kier alpha value is -2.29. The standard InChI is InChI=1S/C21H27FN2O4S/c1-15-9-10-16(29(26,27)24-11-12-28-4)13-17(15)20(25)23-14-21(2,3)18-7-5-6-8-19(18)22/h5-10,13,24H,11-12,14H2,1-4H3,(H,23,25). The van der Waals surface area contributed by atoms with E-state index in [0.717, 1.165) is 0 Å². The second-order valence-electron chi connectivity index (χ2n) is 7.41. The summed E-state index contributed by atoms with van der Waals surface area (Å²) in [6.07, 6.45) is 0. The van der Waals surface area contributed by atoms with Crippen molar-refractivity contribution in [2.45, 2.75) is 31.1 Å². The number of hydrogen-bond acceptors (Lipinski definition) is 4. The van der Waals surface area contributed by atoms with Gasteiger partial charge in [-0.25, -0.2) is 17.5 Å². The Morgan fingerprint density at radius 1 is 1.17 bits per heavy atom. The summed E-state index contributed by atoms with van der Waals surface area (Å²) >= 11 is 0. The number of ether oxygens (including phenoxy) is 1. The Bertz CT molecular complexity index is 974. The molecule has 0 aliphatic rings. The molecule has 0 unspecified atom stereocenters. The summed E-state index contributed by atoms with van der Waals surface area (Å²) in [7, 11) is -2.28. The Balaban J connectivity index is 2.18. The lowest BCUT2D eigenvalue weighted by molar-refractivity contribution is 0.0944. The molecule has 0 saturated carbocycles. The quantitative estimate of drug-likeness (QED) is 0.609. The maximum atomic E-state index is 14.1. The topological polar surface area (TPSA) is 84.5 Å². The Labute approximate surface area is 171 Å². The summed E-state index contributed by atoms with van der Waals surface area (Å²) in [5, 5.41) is 2.80. The van der Waals surface area contributed by atoms with Gasteiger partial charge in [0.05, 0.1) is 11.5 Å². The van der Waals surface area contributed by atoms with Crippen molar-refractivity contribution in [2.24, 2.45) is 0 Å². The van der Waals surface area contributed by atoms with Gasteiger partial charge in [0.1, 0.15) is 5.82 Å². The second kappa shape index (κ2) is 9.47. The number of carbonyl (C=O) groups is 1. The number of benzene rings is 2. The van der Waals surface area contributed by atoms with Crippen LogP contribution in [0.5, 0.6) is 0 Å². The molecule has 0 saturated heterocycles. The predicted octanol–water partition coefficient (Wildman–Crippen LogP) is 2.77. The normalized spacial score (nSPS) is 12.0. The maximum absolute atomic E-state index is 14.1. The molecule has 2 N–H and O–H groups in total. The highest BCUT2D eigenvalue weighted by Crippen LogP contribution is 2.25. The fourth-order valence-electron chi connectivity index (χ4n) is 2.88. The molecule has 8 heteroatoms. The minimum Gasteiger partial charge on any atom is -0.383 e. The third-order valence-electron chi connectivity index (χ3n) is 4.66. The molecule has 0 fully saturated rings. The summed E-state index contributed by atoms with van der Waals surface area (Å²) in [5.41, 5.74) is 0.752.